The van der Waals surface area contributed by atoms with Gasteiger partial charge < -0.3 is 4.74 Å². The highest BCUT2D eigenvalue weighted by Crippen LogP contribution is 2.25. The van der Waals surface area contributed by atoms with Crippen LogP contribution in [0.3, 0.4) is 0 Å². The lowest BCUT2D eigenvalue weighted by Crippen LogP contribution is -2.00. The zero-order chi connectivity index (χ0) is 14.0. The van der Waals surface area contributed by atoms with E-state index in [0.29, 0.717) is 0 Å². The van der Waals surface area contributed by atoms with Crippen LogP contribution in [0.5, 0.6) is 5.75 Å². The first-order chi connectivity index (χ1) is 9.02. The summed E-state index contributed by atoms with van der Waals surface area (Å²) in [5, 5.41) is 0. The number of ether oxygens (including phenoxy) is 1. The first kappa shape index (κ1) is 13.8. The molecule has 0 aliphatic carbocycles. The second kappa shape index (κ2) is 5.57. The molecule has 0 N–H and O–H groups in total. The molecule has 0 radical (unpaired) electrons. The van der Waals surface area contributed by atoms with Gasteiger partial charge in [0.1, 0.15) is 5.75 Å². The third-order valence-corrected chi connectivity index (χ3v) is 4.78. The summed E-state index contributed by atoms with van der Waals surface area (Å²) in [6.45, 7) is 6.08. The van der Waals surface area contributed by atoms with Gasteiger partial charge >= 0.3 is 0 Å². The lowest BCUT2D eigenvalue weighted by Gasteiger charge is -2.11. The van der Waals surface area contributed by atoms with Crippen LogP contribution in [0.1, 0.15) is 16.7 Å². The van der Waals surface area contributed by atoms with Gasteiger partial charge in [0.05, 0.1) is 17.9 Å². The summed E-state index contributed by atoms with van der Waals surface area (Å²) in [7, 11) is 0.481. The molecule has 2 aromatic carbocycles. The van der Waals surface area contributed by atoms with E-state index >= 15 is 0 Å². The van der Waals surface area contributed by atoms with Crippen molar-refractivity contribution in [2.75, 3.05) is 7.11 Å². The fourth-order valence-electron chi connectivity index (χ4n) is 2.28. The van der Waals surface area contributed by atoms with E-state index in [-0.39, 0.29) is 0 Å². The van der Waals surface area contributed by atoms with Crippen molar-refractivity contribution in [3.63, 3.8) is 0 Å². The summed E-state index contributed by atoms with van der Waals surface area (Å²) >= 11 is 0. The Hall–Kier alpha value is -1.61. The van der Waals surface area contributed by atoms with Crippen molar-refractivity contribution in [2.24, 2.45) is 0 Å². The van der Waals surface area contributed by atoms with Crippen molar-refractivity contribution >= 4 is 10.8 Å². The highest BCUT2D eigenvalue weighted by atomic mass is 32.2. The minimum Gasteiger partial charge on any atom is -0.497 e. The van der Waals surface area contributed by atoms with E-state index in [1.165, 1.54) is 5.56 Å². The van der Waals surface area contributed by atoms with Gasteiger partial charge in [-0.2, -0.15) is 0 Å². The second-order valence-corrected chi connectivity index (χ2v) is 6.09. The van der Waals surface area contributed by atoms with Gasteiger partial charge in [0.15, 0.2) is 0 Å². The molecule has 2 rings (SSSR count). The van der Waals surface area contributed by atoms with Crippen LogP contribution in [0, 0.1) is 20.8 Å². The topological polar surface area (TPSA) is 26.3 Å². The predicted octanol–water partition coefficient (Wildman–Crippen LogP) is 3.79. The van der Waals surface area contributed by atoms with Crippen molar-refractivity contribution in [2.45, 2.75) is 30.6 Å². The van der Waals surface area contributed by atoms with Crippen LogP contribution in [0.25, 0.3) is 0 Å². The van der Waals surface area contributed by atoms with E-state index in [2.05, 4.69) is 19.1 Å². The summed E-state index contributed by atoms with van der Waals surface area (Å²) in [4.78, 5) is 1.71. The molecule has 0 spiro atoms. The Morgan fingerprint density at radius 2 is 1.47 bits per heavy atom. The van der Waals surface area contributed by atoms with Crippen molar-refractivity contribution in [3.8, 4) is 5.75 Å². The minimum absolute atomic E-state index is 0.776. The summed E-state index contributed by atoms with van der Waals surface area (Å²) in [5.41, 5.74) is 3.35. The molecule has 100 valence electrons. The smallest absolute Gasteiger partial charge is 0.118 e. The van der Waals surface area contributed by atoms with Crippen LogP contribution in [0.4, 0.5) is 0 Å². The SMILES string of the molecule is COc1ccc(S(=O)c2c(C)cc(C)cc2C)cc1. The summed E-state index contributed by atoms with van der Waals surface area (Å²) in [5.74, 6) is 0.776. The van der Waals surface area contributed by atoms with E-state index in [0.717, 1.165) is 26.7 Å². The molecule has 0 amide bonds. The van der Waals surface area contributed by atoms with Crippen molar-refractivity contribution in [1.82, 2.24) is 0 Å². The number of hydrogen-bond acceptors (Lipinski definition) is 2. The number of methoxy groups -OCH3 is 1. The molecule has 1 unspecified atom stereocenters. The maximum atomic E-state index is 12.7. The van der Waals surface area contributed by atoms with Gasteiger partial charge in [-0.15, -0.1) is 0 Å². The van der Waals surface area contributed by atoms with Crippen LogP contribution >= 0.6 is 0 Å². The van der Waals surface area contributed by atoms with E-state index in [1.807, 2.05) is 38.1 Å². The third-order valence-electron chi connectivity index (χ3n) is 3.06. The Kier molecular flexibility index (Phi) is 4.05. The molecule has 3 heteroatoms. The van der Waals surface area contributed by atoms with E-state index in [9.17, 15) is 4.21 Å². The molecule has 1 atom stereocenters. The largest absolute Gasteiger partial charge is 0.497 e. The van der Waals surface area contributed by atoms with Crippen molar-refractivity contribution in [1.29, 1.82) is 0 Å². The number of rotatable bonds is 3. The Labute approximate surface area is 116 Å². The lowest BCUT2D eigenvalue weighted by molar-refractivity contribution is 0.414. The summed E-state index contributed by atoms with van der Waals surface area (Å²) in [6.07, 6.45) is 0. The molecule has 0 heterocycles. The van der Waals surface area contributed by atoms with Gasteiger partial charge in [-0.05, 0) is 56.2 Å². The highest BCUT2D eigenvalue weighted by Gasteiger charge is 2.13. The Morgan fingerprint density at radius 1 is 0.947 bits per heavy atom. The summed E-state index contributed by atoms with van der Waals surface area (Å²) < 4.78 is 17.8. The molecular weight excluding hydrogens is 256 g/mol. The third kappa shape index (κ3) is 2.87. The first-order valence-corrected chi connectivity index (χ1v) is 7.31. The van der Waals surface area contributed by atoms with Crippen molar-refractivity contribution in [3.05, 3.63) is 53.1 Å². The van der Waals surface area contributed by atoms with Gasteiger partial charge in [0.2, 0.25) is 0 Å². The average molecular weight is 274 g/mol. The fourth-order valence-corrected chi connectivity index (χ4v) is 3.60. The molecule has 2 nitrogen and oxygen atoms in total. The molecule has 0 aromatic heterocycles. The molecule has 0 aliphatic heterocycles. The van der Waals surface area contributed by atoms with Gasteiger partial charge in [-0.25, -0.2) is 4.21 Å². The molecule has 0 bridgehead atoms. The molecular formula is C16H18O2S. The predicted molar refractivity (Wildman–Crippen MR) is 78.3 cm³/mol. The lowest BCUT2D eigenvalue weighted by atomic mass is 10.1. The van der Waals surface area contributed by atoms with Gasteiger partial charge in [-0.1, -0.05) is 17.7 Å². The minimum atomic E-state index is -1.14. The Balaban J connectivity index is 2.44. The maximum absolute atomic E-state index is 12.7. The Bertz CT molecular complexity index is 592. The molecule has 19 heavy (non-hydrogen) atoms. The number of aryl methyl sites for hydroxylation is 3. The van der Waals surface area contributed by atoms with E-state index in [4.69, 9.17) is 4.74 Å². The van der Waals surface area contributed by atoms with E-state index < -0.39 is 10.8 Å². The molecule has 0 aliphatic rings. The van der Waals surface area contributed by atoms with Crippen LogP contribution in [-0.4, -0.2) is 11.3 Å². The highest BCUT2D eigenvalue weighted by molar-refractivity contribution is 7.85. The van der Waals surface area contributed by atoms with E-state index in [1.54, 1.807) is 7.11 Å². The number of hydrogen-bond donors (Lipinski definition) is 0. The zero-order valence-electron chi connectivity index (χ0n) is 11.7. The molecule has 0 saturated heterocycles. The molecule has 0 saturated carbocycles. The van der Waals surface area contributed by atoms with Gasteiger partial charge in [0, 0.05) is 9.79 Å². The normalized spacial score (nSPS) is 12.2. The second-order valence-electron chi connectivity index (χ2n) is 4.67. The summed E-state index contributed by atoms with van der Waals surface area (Å²) in [6, 6.07) is 11.5. The Morgan fingerprint density at radius 3 is 1.95 bits per heavy atom. The standard InChI is InChI=1S/C16H18O2S/c1-11-9-12(2)16(13(3)10-11)19(17)15-7-5-14(18-4)6-8-15/h5-10H,1-4H3. The number of benzene rings is 2. The molecule has 0 fully saturated rings. The van der Waals surface area contributed by atoms with Crippen LogP contribution in [0.15, 0.2) is 46.2 Å². The zero-order valence-corrected chi connectivity index (χ0v) is 12.5. The quantitative estimate of drug-likeness (QED) is 0.851. The van der Waals surface area contributed by atoms with Crippen LogP contribution in [-0.2, 0) is 10.8 Å². The van der Waals surface area contributed by atoms with Crippen LogP contribution in [0.2, 0.25) is 0 Å². The monoisotopic (exact) mass is 274 g/mol. The van der Waals surface area contributed by atoms with Crippen LogP contribution < -0.4 is 4.74 Å². The first-order valence-electron chi connectivity index (χ1n) is 6.16. The average Bonchev–Trinajstić information content (AvgIpc) is 2.37. The van der Waals surface area contributed by atoms with Gasteiger partial charge in [0.25, 0.3) is 0 Å². The van der Waals surface area contributed by atoms with Crippen molar-refractivity contribution < 1.29 is 8.95 Å². The van der Waals surface area contributed by atoms with Gasteiger partial charge in [-0.3, -0.25) is 0 Å². The fraction of sp³-hybridized carbons (Fsp3) is 0.250. The maximum Gasteiger partial charge on any atom is 0.118 e. The molecule has 2 aromatic rings.